The number of non-ortho nitro benzene ring substituents is 1. The maximum absolute atomic E-state index is 14.7. The minimum Gasteiger partial charge on any atom is -0.461 e. The number of amides is 2. The second-order valence-corrected chi connectivity index (χ2v) is 18.7. The van der Waals surface area contributed by atoms with Crippen LogP contribution in [0.15, 0.2) is 42.7 Å². The van der Waals surface area contributed by atoms with Gasteiger partial charge in [0.2, 0.25) is 0 Å². The number of hydrogen-bond donors (Lipinski definition) is 5. The summed E-state index contributed by atoms with van der Waals surface area (Å²) in [5.41, 5.74) is 2.32. The minimum atomic E-state index is -2.20. The maximum Gasteiger partial charge on any atom is 0.407 e. The molecule has 2 saturated heterocycles. The van der Waals surface area contributed by atoms with Crippen LogP contribution in [0.5, 0.6) is 0 Å². The predicted molar refractivity (Wildman–Crippen MR) is 246 cm³/mol. The molecule has 2 aliphatic heterocycles. The first-order valence-electron chi connectivity index (χ1n) is 22.9. The number of pyridine rings is 1. The molecule has 2 aliphatic rings. The SMILES string of the molecule is CC[C@H]1OC(=O)[C@H](C)[C@@H](OC(=O)Cc2cccnc2)[C@H](C)[C@@H](O[C@@H]2O[C@H](C)C[C@H](N(C)C)[C@H]2O)[C@](C)(OC)C[C@@H](C)C(=O)[C@H](C)[C@@H](OC(=O)NCCNC(=O)c2ccc([N+](=O)[O-])cc2N)[C@]1(C)O. The standard InChI is InChI=1S/C47H70N6O15/c1-12-35-47(8,60)41(68-45(59)51-19-18-50-42(57)32-16-15-31(53(61)62)22-33(32)48)27(4)37(55)25(2)23-46(7,63-11)40(67-44-38(56)34(52(9)10)20-26(3)64-44)28(5)39(29(6)43(58)65-35)66-36(54)21-30-14-13-17-49-24-30/h13-17,22,24-29,34-35,38-41,44,56,60H,12,18-21,23,48H2,1-11H3,(H,50,57)(H,51,59)/t25-,26-,27+,28+,29-,34+,35-,38-,39+,40-,41-,44+,46-,47-/m1/s1. The number of anilines is 1. The fourth-order valence-electron chi connectivity index (χ4n) is 9.32. The van der Waals surface area contributed by atoms with E-state index in [9.17, 15) is 44.3 Å². The third-order valence-corrected chi connectivity index (χ3v) is 13.2. The van der Waals surface area contributed by atoms with Crippen LogP contribution in [0.4, 0.5) is 16.2 Å². The zero-order chi connectivity index (χ0) is 50.8. The van der Waals surface area contributed by atoms with Crippen molar-refractivity contribution in [1.82, 2.24) is 20.5 Å². The van der Waals surface area contributed by atoms with Gasteiger partial charge in [0.15, 0.2) is 6.29 Å². The molecule has 68 heavy (non-hydrogen) atoms. The summed E-state index contributed by atoms with van der Waals surface area (Å²) in [7, 11) is 5.08. The topological polar surface area (TPSA) is 291 Å². The summed E-state index contributed by atoms with van der Waals surface area (Å²) in [4.78, 5) is 85.6. The zero-order valence-corrected chi connectivity index (χ0v) is 40.8. The number of likely N-dealkylation sites (N-methyl/N-ethyl adjacent to an activating group) is 1. The molecule has 0 radical (unpaired) electrons. The van der Waals surface area contributed by atoms with E-state index in [4.69, 9.17) is 34.2 Å². The lowest BCUT2D eigenvalue weighted by Crippen LogP contribution is -2.61. The molecule has 2 fully saturated rings. The number of nitrogens with two attached hydrogens (primary N) is 1. The summed E-state index contributed by atoms with van der Waals surface area (Å²) >= 11 is 0. The van der Waals surface area contributed by atoms with E-state index in [1.165, 1.54) is 40.1 Å². The Morgan fingerprint density at radius 1 is 1.03 bits per heavy atom. The van der Waals surface area contributed by atoms with E-state index in [0.717, 1.165) is 12.1 Å². The number of aliphatic hydroxyl groups is 2. The number of aromatic nitrogens is 1. The molecule has 21 nitrogen and oxygen atoms in total. The normalized spacial score (nSPS) is 32.9. The number of hydrogen-bond acceptors (Lipinski definition) is 18. The van der Waals surface area contributed by atoms with Crippen molar-refractivity contribution in [2.75, 3.05) is 40.0 Å². The first kappa shape index (κ1) is 55.3. The molecule has 1 aromatic heterocycles. The number of nitro groups is 1. The molecular weight excluding hydrogens is 889 g/mol. The van der Waals surface area contributed by atoms with Crippen molar-refractivity contribution in [2.45, 2.75) is 141 Å². The average Bonchev–Trinajstić information content (AvgIpc) is 3.29. The highest BCUT2D eigenvalue weighted by Crippen LogP contribution is 2.40. The van der Waals surface area contributed by atoms with E-state index >= 15 is 0 Å². The molecule has 0 spiro atoms. The number of nitro benzene ring substituents is 1. The Hall–Kier alpha value is -5.32. The highest BCUT2D eigenvalue weighted by Gasteiger charge is 2.54. The van der Waals surface area contributed by atoms with Gasteiger partial charge in [0.1, 0.15) is 35.8 Å². The van der Waals surface area contributed by atoms with Crippen LogP contribution in [-0.2, 0) is 49.2 Å². The molecule has 4 rings (SSSR count). The van der Waals surface area contributed by atoms with Gasteiger partial charge in [-0.3, -0.25) is 34.3 Å². The molecule has 2 aromatic rings. The Balaban J connectivity index is 1.71. The number of cyclic esters (lactones) is 1. The number of alkyl carbamates (subject to hydrolysis) is 1. The molecule has 21 heteroatoms. The second kappa shape index (κ2) is 23.8. The van der Waals surface area contributed by atoms with Gasteiger partial charge in [-0.25, -0.2) is 4.79 Å². The lowest BCUT2D eigenvalue weighted by molar-refractivity contribution is -0.384. The number of aliphatic hydroxyl groups excluding tert-OH is 1. The number of esters is 2. The number of rotatable bonds is 14. The monoisotopic (exact) mass is 958 g/mol. The first-order valence-corrected chi connectivity index (χ1v) is 22.9. The number of ether oxygens (including phenoxy) is 6. The number of carbonyl (C=O) groups excluding carboxylic acids is 5. The van der Waals surface area contributed by atoms with Crippen LogP contribution < -0.4 is 16.4 Å². The molecule has 2 amide bonds. The van der Waals surface area contributed by atoms with Crippen LogP contribution in [0.1, 0.15) is 90.6 Å². The smallest absolute Gasteiger partial charge is 0.407 e. The van der Waals surface area contributed by atoms with Gasteiger partial charge in [-0.15, -0.1) is 0 Å². The van der Waals surface area contributed by atoms with Crippen molar-refractivity contribution in [2.24, 2.45) is 23.7 Å². The Morgan fingerprint density at radius 2 is 1.71 bits per heavy atom. The molecule has 0 unspecified atom stereocenters. The van der Waals surface area contributed by atoms with Gasteiger partial charge in [-0.1, -0.05) is 33.8 Å². The van der Waals surface area contributed by atoms with E-state index in [0.29, 0.717) is 12.0 Å². The highest BCUT2D eigenvalue weighted by molar-refractivity contribution is 5.99. The number of nitrogens with one attached hydrogen (secondary N) is 2. The molecule has 378 valence electrons. The van der Waals surface area contributed by atoms with Crippen LogP contribution in [0.2, 0.25) is 0 Å². The summed E-state index contributed by atoms with van der Waals surface area (Å²) in [6.07, 6.45) is -5.96. The average molecular weight is 959 g/mol. The number of Topliss-reactive ketones (excluding diaryl/α,β-unsaturated/α-hetero) is 1. The number of carbonyl (C=O) groups is 5. The quantitative estimate of drug-likeness (QED) is 0.0453. The predicted octanol–water partition coefficient (Wildman–Crippen LogP) is 3.36. The van der Waals surface area contributed by atoms with Crippen molar-refractivity contribution in [3.63, 3.8) is 0 Å². The van der Waals surface area contributed by atoms with E-state index in [2.05, 4.69) is 15.6 Å². The van der Waals surface area contributed by atoms with Gasteiger partial charge in [-0.05, 0) is 78.7 Å². The molecule has 0 bridgehead atoms. The van der Waals surface area contributed by atoms with E-state index in [-0.39, 0.29) is 61.4 Å². The van der Waals surface area contributed by atoms with Crippen LogP contribution in [0.3, 0.4) is 0 Å². The Morgan fingerprint density at radius 3 is 2.29 bits per heavy atom. The summed E-state index contributed by atoms with van der Waals surface area (Å²) in [6, 6.07) is 6.37. The summed E-state index contributed by atoms with van der Waals surface area (Å²) in [5, 5.41) is 40.2. The number of benzene rings is 1. The lowest BCUT2D eigenvalue weighted by atomic mass is 9.73. The van der Waals surface area contributed by atoms with Crippen molar-refractivity contribution in [3.05, 3.63) is 64.0 Å². The maximum atomic E-state index is 14.7. The molecule has 3 heterocycles. The minimum absolute atomic E-state index is 0.0160. The molecule has 0 saturated carbocycles. The Kier molecular flexibility index (Phi) is 19.3. The zero-order valence-electron chi connectivity index (χ0n) is 40.8. The lowest BCUT2D eigenvalue weighted by Gasteiger charge is -2.48. The highest BCUT2D eigenvalue weighted by atomic mass is 16.7. The molecule has 0 aliphatic carbocycles. The largest absolute Gasteiger partial charge is 0.461 e. The van der Waals surface area contributed by atoms with Crippen molar-refractivity contribution < 1.29 is 67.5 Å². The van der Waals surface area contributed by atoms with Gasteiger partial charge in [0, 0.05) is 62.6 Å². The Bertz CT molecular complexity index is 2080. The van der Waals surface area contributed by atoms with E-state index in [1.807, 2.05) is 25.9 Å². The van der Waals surface area contributed by atoms with Gasteiger partial charge >= 0.3 is 18.0 Å². The van der Waals surface area contributed by atoms with Gasteiger partial charge in [0.05, 0.1) is 52.2 Å². The van der Waals surface area contributed by atoms with E-state index in [1.54, 1.807) is 46.0 Å². The fourth-order valence-corrected chi connectivity index (χ4v) is 9.32. The first-order chi connectivity index (χ1) is 31.9. The molecule has 6 N–H and O–H groups in total. The number of nitrogen functional groups attached to an aromatic ring is 1. The van der Waals surface area contributed by atoms with E-state index < -0.39 is 106 Å². The van der Waals surface area contributed by atoms with Gasteiger partial charge in [-0.2, -0.15) is 0 Å². The van der Waals surface area contributed by atoms with Gasteiger partial charge in [0.25, 0.3) is 11.6 Å². The third kappa shape index (κ3) is 13.5. The van der Waals surface area contributed by atoms with Crippen molar-refractivity contribution in [3.8, 4) is 0 Å². The number of methoxy groups -OCH3 is 1. The third-order valence-electron chi connectivity index (χ3n) is 13.2. The van der Waals surface area contributed by atoms with Crippen LogP contribution in [0.25, 0.3) is 0 Å². The van der Waals surface area contributed by atoms with Crippen LogP contribution in [0, 0.1) is 33.8 Å². The van der Waals surface area contributed by atoms with Crippen LogP contribution >= 0.6 is 0 Å². The number of ketones is 1. The van der Waals surface area contributed by atoms with Crippen molar-refractivity contribution >= 4 is 41.1 Å². The van der Waals surface area contributed by atoms with Gasteiger partial charge < -0.3 is 59.9 Å². The summed E-state index contributed by atoms with van der Waals surface area (Å²) in [6.45, 7) is 12.5. The molecular formula is C47H70N6O15. The second-order valence-electron chi connectivity index (χ2n) is 18.7. The fraction of sp³-hybridized carbons (Fsp3) is 0.660. The number of nitrogens with zero attached hydrogens (tertiary/aromatic N) is 3. The molecule has 1 aromatic carbocycles. The summed E-state index contributed by atoms with van der Waals surface area (Å²) < 4.78 is 37.4. The Labute approximate surface area is 397 Å². The molecule has 14 atom stereocenters. The van der Waals surface area contributed by atoms with Crippen molar-refractivity contribution in [1.29, 1.82) is 0 Å². The van der Waals surface area contributed by atoms with Crippen LogP contribution in [-0.4, -0.2) is 149 Å². The summed E-state index contributed by atoms with van der Waals surface area (Å²) in [5.74, 6) is -6.99.